The number of methoxy groups -OCH3 is 1. The second-order valence-corrected chi connectivity index (χ2v) is 12.2. The highest BCUT2D eigenvalue weighted by Gasteiger charge is 2.85. The highest BCUT2D eigenvalue weighted by Crippen LogP contribution is 2.81. The molecular formula is C28H40O5. The zero-order valence-corrected chi connectivity index (χ0v) is 21.2. The van der Waals surface area contributed by atoms with Crippen LogP contribution < -0.4 is 4.74 Å². The zero-order chi connectivity index (χ0) is 24.0. The predicted molar refractivity (Wildman–Crippen MR) is 127 cm³/mol. The van der Waals surface area contributed by atoms with Gasteiger partial charge in [-0.15, -0.1) is 0 Å². The predicted octanol–water partition coefficient (Wildman–Crippen LogP) is 5.44. The molecule has 1 aromatic carbocycles. The van der Waals surface area contributed by atoms with Gasteiger partial charge in [0.1, 0.15) is 11.5 Å². The van der Waals surface area contributed by atoms with Gasteiger partial charge in [-0.1, -0.05) is 31.9 Å². The maximum Gasteiger partial charge on any atom is 0.179 e. The van der Waals surface area contributed by atoms with Gasteiger partial charge in [0.25, 0.3) is 0 Å². The molecule has 6 atom stereocenters. The van der Waals surface area contributed by atoms with Gasteiger partial charge in [0.05, 0.1) is 24.4 Å². The van der Waals surface area contributed by atoms with Crippen LogP contribution in [0.2, 0.25) is 0 Å². The summed E-state index contributed by atoms with van der Waals surface area (Å²) in [5, 5.41) is 22.7. The van der Waals surface area contributed by atoms with Crippen molar-refractivity contribution < 1.29 is 24.4 Å². The van der Waals surface area contributed by atoms with Crippen molar-refractivity contribution in [1.82, 2.24) is 0 Å². The maximum absolute atomic E-state index is 12.1. The summed E-state index contributed by atoms with van der Waals surface area (Å²) in [6, 6.07) is 3.73. The van der Waals surface area contributed by atoms with Crippen LogP contribution in [0.5, 0.6) is 11.5 Å². The van der Waals surface area contributed by atoms with E-state index in [4.69, 9.17) is 14.2 Å². The van der Waals surface area contributed by atoms with Gasteiger partial charge in [-0.3, -0.25) is 0 Å². The molecule has 0 amide bonds. The molecule has 2 aliphatic heterocycles. The minimum absolute atomic E-state index is 0.00952. The van der Waals surface area contributed by atoms with E-state index < -0.39 is 17.0 Å². The lowest BCUT2D eigenvalue weighted by molar-refractivity contribution is -0.407. The van der Waals surface area contributed by atoms with Crippen molar-refractivity contribution >= 4 is 0 Å². The molecule has 2 aliphatic carbocycles. The number of fused-ring (bicyclic) bond motifs is 7. The summed E-state index contributed by atoms with van der Waals surface area (Å²) < 4.78 is 18.9. The molecule has 5 nitrogen and oxygen atoms in total. The van der Waals surface area contributed by atoms with E-state index in [0.717, 1.165) is 41.7 Å². The molecule has 33 heavy (non-hydrogen) atoms. The summed E-state index contributed by atoms with van der Waals surface area (Å²) in [4.78, 5) is 0. The number of aromatic hydroxyl groups is 1. The maximum atomic E-state index is 12.1. The topological polar surface area (TPSA) is 68.2 Å². The van der Waals surface area contributed by atoms with Crippen LogP contribution in [-0.4, -0.2) is 40.4 Å². The molecule has 5 heteroatoms. The number of allylic oxidation sites excluding steroid dienone is 1. The Morgan fingerprint density at radius 2 is 1.94 bits per heavy atom. The molecule has 0 radical (unpaired) electrons. The molecule has 0 spiro atoms. The van der Waals surface area contributed by atoms with E-state index in [-0.39, 0.29) is 22.9 Å². The van der Waals surface area contributed by atoms with E-state index in [1.165, 1.54) is 0 Å². The Kier molecular flexibility index (Phi) is 4.91. The summed E-state index contributed by atoms with van der Waals surface area (Å²) in [5.41, 5.74) is 1.54. The largest absolute Gasteiger partial charge is 0.507 e. The first-order valence-corrected chi connectivity index (χ1v) is 12.4. The Bertz CT molecular complexity index is 1010. The molecule has 0 unspecified atom stereocenters. The van der Waals surface area contributed by atoms with Crippen molar-refractivity contribution in [3.05, 3.63) is 34.9 Å². The van der Waals surface area contributed by atoms with Crippen LogP contribution in [0.25, 0.3) is 0 Å². The first-order valence-electron chi connectivity index (χ1n) is 12.4. The molecule has 4 fully saturated rings. The lowest BCUT2D eigenvalue weighted by Gasteiger charge is -2.74. The monoisotopic (exact) mass is 456 g/mol. The van der Waals surface area contributed by atoms with Gasteiger partial charge in [0, 0.05) is 29.7 Å². The summed E-state index contributed by atoms with van der Waals surface area (Å²) in [6.45, 7) is 12.8. The summed E-state index contributed by atoms with van der Waals surface area (Å²) in [6.07, 6.45) is 7.24. The molecule has 2 saturated carbocycles. The number of rotatable bonds is 5. The molecule has 2 N–H and O–H groups in total. The van der Waals surface area contributed by atoms with Gasteiger partial charge in [-0.05, 0) is 70.1 Å². The number of hydrogen-bond donors (Lipinski definition) is 2. The normalized spacial score (nSPS) is 43.1. The SMILES string of the molecule is COc1cc(C)c(O)c(C/C=C(/C)C[C@]23O[C@H](C[C@@]4(O)[C@@H]2[C@]2(C)CCC[C@@]24C)C(C)(C)O3)c1. The van der Waals surface area contributed by atoms with Crippen LogP contribution in [0.4, 0.5) is 0 Å². The molecule has 4 aliphatic rings. The quantitative estimate of drug-likeness (QED) is 0.578. The summed E-state index contributed by atoms with van der Waals surface area (Å²) in [7, 11) is 1.64. The average molecular weight is 457 g/mol. The number of benzene rings is 1. The highest BCUT2D eigenvalue weighted by atomic mass is 16.8. The van der Waals surface area contributed by atoms with Crippen molar-refractivity contribution in [2.75, 3.05) is 7.11 Å². The van der Waals surface area contributed by atoms with Crippen LogP contribution in [-0.2, 0) is 15.9 Å². The first kappa shape index (κ1) is 23.2. The van der Waals surface area contributed by atoms with E-state index in [2.05, 4.69) is 40.7 Å². The van der Waals surface area contributed by atoms with Crippen LogP contribution in [0.1, 0.15) is 77.8 Å². The van der Waals surface area contributed by atoms with Gasteiger partial charge < -0.3 is 24.4 Å². The fraction of sp³-hybridized carbons (Fsp3) is 0.714. The van der Waals surface area contributed by atoms with Gasteiger partial charge in [-0.25, -0.2) is 0 Å². The minimum atomic E-state index is -0.813. The number of phenols is 1. The van der Waals surface area contributed by atoms with E-state index >= 15 is 0 Å². The van der Waals surface area contributed by atoms with Gasteiger partial charge in [0.2, 0.25) is 0 Å². The zero-order valence-electron chi connectivity index (χ0n) is 21.2. The Labute approximate surface area is 198 Å². The lowest BCUT2D eigenvalue weighted by Crippen LogP contribution is -2.80. The molecule has 2 saturated heterocycles. The number of phenolic OH excluding ortho intramolecular Hbond substituents is 1. The van der Waals surface area contributed by atoms with Gasteiger partial charge in [-0.2, -0.15) is 0 Å². The lowest BCUT2D eigenvalue weighted by atomic mass is 9.34. The van der Waals surface area contributed by atoms with Crippen LogP contribution in [0.15, 0.2) is 23.8 Å². The Morgan fingerprint density at radius 1 is 1.21 bits per heavy atom. The van der Waals surface area contributed by atoms with Crippen molar-refractivity contribution in [3.63, 3.8) is 0 Å². The second kappa shape index (κ2) is 6.99. The van der Waals surface area contributed by atoms with Crippen molar-refractivity contribution in [2.45, 2.75) is 103 Å². The Hall–Kier alpha value is -1.56. The minimum Gasteiger partial charge on any atom is -0.507 e. The van der Waals surface area contributed by atoms with E-state index in [0.29, 0.717) is 25.0 Å². The molecule has 182 valence electrons. The third-order valence-electron chi connectivity index (χ3n) is 9.98. The third-order valence-corrected chi connectivity index (χ3v) is 9.98. The first-order chi connectivity index (χ1) is 15.3. The van der Waals surface area contributed by atoms with Crippen molar-refractivity contribution in [3.8, 4) is 11.5 Å². The molecule has 5 rings (SSSR count). The van der Waals surface area contributed by atoms with Crippen LogP contribution in [0.3, 0.4) is 0 Å². The fourth-order valence-corrected chi connectivity index (χ4v) is 8.13. The second-order valence-electron chi connectivity index (χ2n) is 12.2. The van der Waals surface area contributed by atoms with E-state index in [1.54, 1.807) is 7.11 Å². The molecule has 1 aromatic rings. The van der Waals surface area contributed by atoms with Gasteiger partial charge in [0.15, 0.2) is 5.79 Å². The molecular weight excluding hydrogens is 416 g/mol. The third kappa shape index (κ3) is 2.88. The number of hydrogen-bond acceptors (Lipinski definition) is 5. The summed E-state index contributed by atoms with van der Waals surface area (Å²) in [5.74, 6) is 0.205. The molecule has 2 bridgehead atoms. The number of aryl methyl sites for hydroxylation is 1. The number of ether oxygens (including phenoxy) is 3. The van der Waals surface area contributed by atoms with Crippen molar-refractivity contribution in [1.29, 1.82) is 0 Å². The molecule has 2 heterocycles. The summed E-state index contributed by atoms with van der Waals surface area (Å²) >= 11 is 0. The van der Waals surface area contributed by atoms with Crippen molar-refractivity contribution in [2.24, 2.45) is 16.7 Å². The fourth-order valence-electron chi connectivity index (χ4n) is 8.13. The van der Waals surface area contributed by atoms with E-state index in [1.807, 2.05) is 19.1 Å². The smallest absolute Gasteiger partial charge is 0.179 e. The van der Waals surface area contributed by atoms with E-state index in [9.17, 15) is 10.2 Å². The standard InChI is InChI=1S/C28H40O5/c1-17(9-10-19-14-20(31-7)13-18(2)22(19)29)15-28-23-25(5)11-8-12-26(25,6)27(23,30)16-21(32-28)24(3,4)33-28/h9,13-14,21,23,29-30H,8,10-12,15-16H2,1-7H3/b17-9-/t21-,23+,25+,26+,27-,28-/m1/s1. The van der Waals surface area contributed by atoms with Crippen LogP contribution >= 0.6 is 0 Å². The average Bonchev–Trinajstić information content (AvgIpc) is 3.11. The van der Waals surface area contributed by atoms with Crippen LogP contribution in [0, 0.1) is 23.7 Å². The number of aliphatic hydroxyl groups is 1. The molecule has 0 aromatic heterocycles. The Balaban J connectivity index is 1.46. The Morgan fingerprint density at radius 3 is 2.64 bits per heavy atom. The van der Waals surface area contributed by atoms with Gasteiger partial charge >= 0.3 is 0 Å². The highest BCUT2D eigenvalue weighted by molar-refractivity contribution is 5.46.